The maximum Gasteiger partial charge on any atom is 0.253 e. The zero-order valence-electron chi connectivity index (χ0n) is 21.8. The molecule has 0 spiro atoms. The molecule has 2 atom stereocenters. The Hall–Kier alpha value is -3.50. The number of ether oxygens (including phenoxy) is 1. The lowest BCUT2D eigenvalue weighted by atomic mass is 10.0. The number of amides is 1. The SMILES string of the molecule is CC(Nc1cc(F)cc(F)c1)c1c(N2CCOCC2)oc2ccc(C(=O)N3CCC(N(C)C)C3)cc2c1=O. The lowest BCUT2D eigenvalue weighted by molar-refractivity contribution is 0.0783. The number of carbonyl (C=O) groups excluding carboxylic acids is 1. The van der Waals surface area contributed by atoms with Gasteiger partial charge in [-0.05, 0) is 57.8 Å². The highest BCUT2D eigenvalue weighted by Crippen LogP contribution is 2.31. The van der Waals surface area contributed by atoms with Gasteiger partial charge in [0.25, 0.3) is 5.91 Å². The molecule has 2 fully saturated rings. The van der Waals surface area contributed by atoms with Crippen LogP contribution < -0.4 is 15.6 Å². The van der Waals surface area contributed by atoms with E-state index in [2.05, 4.69) is 10.2 Å². The standard InChI is InChI=1S/C28H32F2N4O4/c1-17(31-21-14-19(29)13-20(30)15-21)25-26(35)23-12-18(27(36)34-7-6-22(16-34)32(2)3)4-5-24(23)38-28(25)33-8-10-37-11-9-33/h4-5,12-15,17,22,31H,6-11,16H2,1-3H3. The number of fused-ring (bicyclic) bond motifs is 1. The Morgan fingerprint density at radius 3 is 2.45 bits per heavy atom. The minimum Gasteiger partial charge on any atom is -0.440 e. The Kier molecular flexibility index (Phi) is 7.36. The number of rotatable bonds is 6. The zero-order chi connectivity index (χ0) is 27.0. The molecule has 3 heterocycles. The molecule has 3 aromatic rings. The fourth-order valence-corrected chi connectivity index (χ4v) is 5.20. The second-order valence-corrected chi connectivity index (χ2v) is 10.1. The van der Waals surface area contributed by atoms with Crippen molar-refractivity contribution in [2.75, 3.05) is 63.7 Å². The van der Waals surface area contributed by atoms with Gasteiger partial charge in [0.15, 0.2) is 5.43 Å². The topological polar surface area (TPSA) is 78.3 Å². The van der Waals surface area contributed by atoms with Gasteiger partial charge in [-0.2, -0.15) is 0 Å². The third-order valence-corrected chi connectivity index (χ3v) is 7.31. The third-order valence-electron chi connectivity index (χ3n) is 7.31. The average molecular weight is 527 g/mol. The van der Waals surface area contributed by atoms with Crippen molar-refractivity contribution in [2.45, 2.75) is 25.4 Å². The molecule has 10 heteroatoms. The summed E-state index contributed by atoms with van der Waals surface area (Å²) in [7, 11) is 4.00. The van der Waals surface area contributed by atoms with Crippen LogP contribution in [-0.4, -0.2) is 75.2 Å². The molecule has 2 aliphatic rings. The lowest BCUT2D eigenvalue weighted by Gasteiger charge is -2.30. The molecular weight excluding hydrogens is 494 g/mol. The molecule has 38 heavy (non-hydrogen) atoms. The number of nitrogens with one attached hydrogen (secondary N) is 1. The maximum atomic E-state index is 14.0. The van der Waals surface area contributed by atoms with Gasteiger partial charge in [0, 0.05) is 49.5 Å². The number of hydrogen-bond donors (Lipinski definition) is 1. The van der Waals surface area contributed by atoms with Gasteiger partial charge in [-0.1, -0.05) is 0 Å². The monoisotopic (exact) mass is 526 g/mol. The predicted molar refractivity (Wildman–Crippen MR) is 142 cm³/mol. The Balaban J connectivity index is 1.54. The fourth-order valence-electron chi connectivity index (χ4n) is 5.20. The molecule has 1 aromatic heterocycles. The Morgan fingerprint density at radius 1 is 1.08 bits per heavy atom. The normalized spacial score (nSPS) is 18.8. The van der Waals surface area contributed by atoms with Crippen LogP contribution >= 0.6 is 0 Å². The van der Waals surface area contributed by atoms with E-state index >= 15 is 0 Å². The van der Waals surface area contributed by atoms with Gasteiger partial charge in [-0.15, -0.1) is 0 Å². The number of carbonyl (C=O) groups is 1. The molecule has 0 bridgehead atoms. The first-order valence-corrected chi connectivity index (χ1v) is 12.8. The van der Waals surface area contributed by atoms with Gasteiger partial charge < -0.3 is 29.2 Å². The lowest BCUT2D eigenvalue weighted by Crippen LogP contribution is -2.38. The van der Waals surface area contributed by atoms with Gasteiger partial charge in [-0.25, -0.2) is 8.78 Å². The highest BCUT2D eigenvalue weighted by Gasteiger charge is 2.30. The molecule has 0 saturated carbocycles. The molecule has 2 aliphatic heterocycles. The quantitative estimate of drug-likeness (QED) is 0.523. The van der Waals surface area contributed by atoms with Gasteiger partial charge in [0.2, 0.25) is 5.88 Å². The predicted octanol–water partition coefficient (Wildman–Crippen LogP) is 3.86. The van der Waals surface area contributed by atoms with Crippen LogP contribution in [0.1, 0.15) is 35.3 Å². The Bertz CT molecular complexity index is 1380. The van der Waals surface area contributed by atoms with E-state index in [9.17, 15) is 18.4 Å². The number of benzene rings is 2. The number of likely N-dealkylation sites (tertiary alicyclic amines) is 1. The fraction of sp³-hybridized carbons (Fsp3) is 0.429. The molecule has 2 aromatic carbocycles. The van der Waals surface area contributed by atoms with Crippen molar-refractivity contribution in [3.63, 3.8) is 0 Å². The maximum absolute atomic E-state index is 14.0. The van der Waals surface area contributed by atoms with Crippen LogP contribution in [0.4, 0.5) is 20.4 Å². The molecule has 1 amide bonds. The van der Waals surface area contributed by atoms with E-state index in [0.717, 1.165) is 12.5 Å². The number of anilines is 2. The summed E-state index contributed by atoms with van der Waals surface area (Å²) in [6.45, 7) is 5.05. The first-order valence-electron chi connectivity index (χ1n) is 12.8. The summed E-state index contributed by atoms with van der Waals surface area (Å²) in [5.74, 6) is -1.19. The molecule has 0 aliphatic carbocycles. The summed E-state index contributed by atoms with van der Waals surface area (Å²) in [5.41, 5.74) is 1.01. The summed E-state index contributed by atoms with van der Waals surface area (Å²) in [4.78, 5) is 33.1. The van der Waals surface area contributed by atoms with Crippen molar-refractivity contribution in [2.24, 2.45) is 0 Å². The zero-order valence-corrected chi connectivity index (χ0v) is 21.8. The number of nitrogens with zero attached hydrogens (tertiary/aromatic N) is 3. The van der Waals surface area contributed by atoms with Gasteiger partial charge in [0.1, 0.15) is 17.2 Å². The van der Waals surface area contributed by atoms with Crippen LogP contribution in [0, 0.1) is 11.6 Å². The van der Waals surface area contributed by atoms with Gasteiger partial charge >= 0.3 is 0 Å². The molecule has 2 saturated heterocycles. The van der Waals surface area contributed by atoms with E-state index in [1.54, 1.807) is 30.0 Å². The van der Waals surface area contributed by atoms with Gasteiger partial charge in [0.05, 0.1) is 30.2 Å². The van der Waals surface area contributed by atoms with Crippen LogP contribution in [0.3, 0.4) is 0 Å². The van der Waals surface area contributed by atoms with E-state index in [1.165, 1.54) is 12.1 Å². The Labute approximate surface area is 219 Å². The molecule has 5 rings (SSSR count). The van der Waals surface area contributed by atoms with Crippen LogP contribution in [0.15, 0.2) is 45.6 Å². The molecule has 8 nitrogen and oxygen atoms in total. The van der Waals surface area contributed by atoms with E-state index in [4.69, 9.17) is 9.15 Å². The van der Waals surface area contributed by atoms with Crippen LogP contribution in [0.5, 0.6) is 0 Å². The summed E-state index contributed by atoms with van der Waals surface area (Å²) in [5, 5.41) is 3.33. The van der Waals surface area contributed by atoms with Crippen LogP contribution in [-0.2, 0) is 4.74 Å². The Morgan fingerprint density at radius 2 is 1.79 bits per heavy atom. The summed E-state index contributed by atoms with van der Waals surface area (Å²) < 4.78 is 39.4. The molecule has 0 radical (unpaired) electrons. The first-order chi connectivity index (χ1) is 18.2. The number of halogens is 2. The van der Waals surface area contributed by atoms with E-state index in [1.807, 2.05) is 19.0 Å². The van der Waals surface area contributed by atoms with E-state index < -0.39 is 17.7 Å². The first kappa shape index (κ1) is 26.1. The highest BCUT2D eigenvalue weighted by molar-refractivity contribution is 5.98. The molecular formula is C28H32F2N4O4. The van der Waals surface area contributed by atoms with E-state index in [0.29, 0.717) is 68.0 Å². The van der Waals surface area contributed by atoms with Crippen molar-refractivity contribution >= 4 is 28.4 Å². The summed E-state index contributed by atoms with van der Waals surface area (Å²) in [6, 6.07) is 7.73. The molecule has 202 valence electrons. The minimum atomic E-state index is -0.722. The second-order valence-electron chi connectivity index (χ2n) is 10.1. The number of likely N-dealkylation sites (N-methyl/N-ethyl adjacent to an activating group) is 1. The van der Waals surface area contributed by atoms with Crippen molar-refractivity contribution in [3.05, 3.63) is 69.4 Å². The van der Waals surface area contributed by atoms with Crippen molar-refractivity contribution in [3.8, 4) is 0 Å². The molecule has 1 N–H and O–H groups in total. The summed E-state index contributed by atoms with van der Waals surface area (Å²) >= 11 is 0. The third kappa shape index (κ3) is 5.23. The largest absolute Gasteiger partial charge is 0.440 e. The number of morpholine rings is 1. The van der Waals surface area contributed by atoms with Gasteiger partial charge in [-0.3, -0.25) is 9.59 Å². The van der Waals surface area contributed by atoms with Crippen molar-refractivity contribution < 1.29 is 22.7 Å². The van der Waals surface area contributed by atoms with Crippen molar-refractivity contribution in [1.29, 1.82) is 0 Å². The summed E-state index contributed by atoms with van der Waals surface area (Å²) in [6.07, 6.45) is 0.894. The van der Waals surface area contributed by atoms with E-state index in [-0.39, 0.29) is 22.4 Å². The average Bonchev–Trinajstić information content (AvgIpc) is 3.39. The van der Waals surface area contributed by atoms with Crippen LogP contribution in [0.2, 0.25) is 0 Å². The highest BCUT2D eigenvalue weighted by atomic mass is 19.1. The molecule has 2 unspecified atom stereocenters. The smallest absolute Gasteiger partial charge is 0.253 e. The second kappa shape index (κ2) is 10.7. The van der Waals surface area contributed by atoms with Crippen molar-refractivity contribution in [1.82, 2.24) is 9.80 Å². The minimum absolute atomic E-state index is 0.129. The number of hydrogen-bond acceptors (Lipinski definition) is 7. The van der Waals surface area contributed by atoms with Crippen LogP contribution in [0.25, 0.3) is 11.0 Å².